The maximum absolute atomic E-state index is 13.0. The molecule has 0 aliphatic carbocycles. The summed E-state index contributed by atoms with van der Waals surface area (Å²) in [4.78, 5) is 30.1. The third-order valence-electron chi connectivity index (χ3n) is 4.16. The van der Waals surface area contributed by atoms with Gasteiger partial charge in [-0.25, -0.2) is 4.98 Å². The Hall–Kier alpha value is -2.71. The second-order valence-corrected chi connectivity index (χ2v) is 6.86. The molecule has 1 fully saturated rings. The summed E-state index contributed by atoms with van der Waals surface area (Å²) in [6.07, 6.45) is 4.31. The van der Waals surface area contributed by atoms with Crippen molar-refractivity contribution in [2.75, 3.05) is 18.5 Å². The van der Waals surface area contributed by atoms with Crippen molar-refractivity contribution < 1.29 is 23.2 Å². The number of thiazole rings is 1. The van der Waals surface area contributed by atoms with Crippen LogP contribution in [-0.2, 0) is 4.74 Å². The van der Waals surface area contributed by atoms with Gasteiger partial charge in [0.15, 0.2) is 22.4 Å². The van der Waals surface area contributed by atoms with Crippen molar-refractivity contribution in [3.63, 3.8) is 0 Å². The highest BCUT2D eigenvalue weighted by atomic mass is 32.1. The van der Waals surface area contributed by atoms with Gasteiger partial charge in [0, 0.05) is 19.1 Å². The molecular weight excluding hydrogens is 356 g/mol. The number of ketones is 1. The van der Waals surface area contributed by atoms with Gasteiger partial charge in [-0.2, -0.15) is 0 Å². The molecule has 0 saturated carbocycles. The van der Waals surface area contributed by atoms with E-state index in [-0.39, 0.29) is 17.5 Å². The quantitative estimate of drug-likeness (QED) is 0.684. The molecule has 8 heteroatoms. The van der Waals surface area contributed by atoms with Gasteiger partial charge >= 0.3 is 0 Å². The Labute approximate surface area is 153 Å². The Balaban J connectivity index is 1.64. The number of aromatic nitrogens is 1. The molecule has 26 heavy (non-hydrogen) atoms. The minimum absolute atomic E-state index is 0.00991. The average molecular weight is 372 g/mol. The Bertz CT molecular complexity index is 892. The number of hydrogen-bond acceptors (Lipinski definition) is 7. The lowest BCUT2D eigenvalue weighted by Gasteiger charge is -2.20. The highest BCUT2D eigenvalue weighted by molar-refractivity contribution is 7.18. The van der Waals surface area contributed by atoms with Crippen LogP contribution in [0.1, 0.15) is 33.1 Å². The summed E-state index contributed by atoms with van der Waals surface area (Å²) in [5.41, 5.74) is 0.450. The fourth-order valence-corrected chi connectivity index (χ4v) is 3.82. The number of amides is 1. The van der Waals surface area contributed by atoms with Gasteiger partial charge in [-0.3, -0.25) is 14.9 Å². The Morgan fingerprint density at radius 3 is 2.58 bits per heavy atom. The van der Waals surface area contributed by atoms with E-state index in [0.29, 0.717) is 47.5 Å². The summed E-state index contributed by atoms with van der Waals surface area (Å²) in [5, 5.41) is 3.01. The maximum Gasteiger partial charge on any atom is 0.293 e. The fraction of sp³-hybridized carbons (Fsp3) is 0.278. The third-order valence-corrected chi connectivity index (χ3v) is 5.15. The zero-order chi connectivity index (χ0) is 17.9. The number of carbonyl (C=O) groups is 2. The van der Waals surface area contributed by atoms with Crippen LogP contribution in [0.15, 0.2) is 45.6 Å². The van der Waals surface area contributed by atoms with Gasteiger partial charge in [-0.15, -0.1) is 0 Å². The molecule has 1 N–H and O–H groups in total. The summed E-state index contributed by atoms with van der Waals surface area (Å²) >= 11 is 1.15. The number of nitrogens with one attached hydrogen (secondary N) is 1. The van der Waals surface area contributed by atoms with Gasteiger partial charge in [0.1, 0.15) is 10.6 Å². The predicted octanol–water partition coefficient (Wildman–Crippen LogP) is 3.86. The molecule has 0 atom stereocenters. The van der Waals surface area contributed by atoms with Crippen LogP contribution >= 0.6 is 11.3 Å². The molecule has 1 saturated heterocycles. The first kappa shape index (κ1) is 16.7. The van der Waals surface area contributed by atoms with E-state index in [4.69, 9.17) is 13.6 Å². The first-order chi connectivity index (χ1) is 12.7. The van der Waals surface area contributed by atoms with E-state index in [2.05, 4.69) is 10.3 Å². The highest BCUT2D eigenvalue weighted by Gasteiger charge is 2.29. The third kappa shape index (κ3) is 3.33. The van der Waals surface area contributed by atoms with Crippen molar-refractivity contribution in [3.05, 3.63) is 47.4 Å². The minimum Gasteiger partial charge on any atom is -0.463 e. The lowest BCUT2D eigenvalue weighted by atomic mass is 9.94. The Morgan fingerprint density at radius 1 is 1.12 bits per heavy atom. The summed E-state index contributed by atoms with van der Waals surface area (Å²) in [6.45, 7) is 1.15. The lowest BCUT2D eigenvalue weighted by Crippen LogP contribution is -2.23. The van der Waals surface area contributed by atoms with Gasteiger partial charge < -0.3 is 13.6 Å². The van der Waals surface area contributed by atoms with Crippen molar-refractivity contribution in [1.82, 2.24) is 4.98 Å². The smallest absolute Gasteiger partial charge is 0.293 e. The van der Waals surface area contributed by atoms with Crippen LogP contribution in [-0.4, -0.2) is 29.9 Å². The van der Waals surface area contributed by atoms with Crippen LogP contribution < -0.4 is 5.32 Å². The normalized spacial score (nSPS) is 15.1. The first-order valence-corrected chi connectivity index (χ1v) is 9.05. The van der Waals surface area contributed by atoms with E-state index in [0.717, 1.165) is 11.3 Å². The molecule has 0 unspecified atom stereocenters. The molecule has 0 bridgehead atoms. The van der Waals surface area contributed by atoms with Gasteiger partial charge in [-0.1, -0.05) is 11.3 Å². The molecule has 3 aromatic heterocycles. The average Bonchev–Trinajstić information content (AvgIpc) is 3.42. The van der Waals surface area contributed by atoms with Gasteiger partial charge in [-0.05, 0) is 37.1 Å². The monoisotopic (exact) mass is 372 g/mol. The second-order valence-electron chi connectivity index (χ2n) is 5.86. The minimum atomic E-state index is -0.417. The van der Waals surface area contributed by atoms with Crippen LogP contribution in [0.25, 0.3) is 11.5 Å². The molecule has 1 aliphatic heterocycles. The van der Waals surface area contributed by atoms with Crippen LogP contribution in [0, 0.1) is 5.92 Å². The van der Waals surface area contributed by atoms with E-state index in [1.165, 1.54) is 12.5 Å². The molecule has 1 amide bonds. The number of rotatable bonds is 5. The number of furan rings is 2. The molecule has 0 spiro atoms. The van der Waals surface area contributed by atoms with Crippen molar-refractivity contribution in [2.24, 2.45) is 5.92 Å². The number of nitrogens with zero attached hydrogens (tertiary/aromatic N) is 1. The van der Waals surface area contributed by atoms with Crippen molar-refractivity contribution >= 4 is 28.2 Å². The van der Waals surface area contributed by atoms with Crippen molar-refractivity contribution in [1.29, 1.82) is 0 Å². The zero-order valence-corrected chi connectivity index (χ0v) is 14.6. The largest absolute Gasteiger partial charge is 0.463 e. The van der Waals surface area contributed by atoms with E-state index >= 15 is 0 Å². The molecule has 0 radical (unpaired) electrons. The summed E-state index contributed by atoms with van der Waals surface area (Å²) in [6, 6.07) is 6.67. The summed E-state index contributed by atoms with van der Waals surface area (Å²) in [5.74, 6) is 0.161. The molecule has 7 nitrogen and oxygen atoms in total. The summed E-state index contributed by atoms with van der Waals surface area (Å²) in [7, 11) is 0. The second kappa shape index (κ2) is 7.27. The number of hydrogen-bond donors (Lipinski definition) is 1. The Kier molecular flexibility index (Phi) is 4.68. The summed E-state index contributed by atoms with van der Waals surface area (Å²) < 4.78 is 15.8. The van der Waals surface area contributed by atoms with Crippen molar-refractivity contribution in [2.45, 2.75) is 12.8 Å². The standard InChI is InChI=1S/C18H16N2O5S/c21-15(11-5-9-23-10-6-11)16-14(12-3-1-7-24-12)19-18(26-16)20-17(22)13-4-2-8-25-13/h1-4,7-8,11H,5-6,9-10H2,(H,19,20,22). The van der Waals surface area contributed by atoms with Crippen LogP contribution in [0.4, 0.5) is 5.13 Å². The number of ether oxygens (including phenoxy) is 1. The first-order valence-electron chi connectivity index (χ1n) is 8.24. The van der Waals surface area contributed by atoms with Gasteiger partial charge in [0.2, 0.25) is 0 Å². The van der Waals surface area contributed by atoms with E-state index in [9.17, 15) is 9.59 Å². The van der Waals surface area contributed by atoms with E-state index < -0.39 is 5.91 Å². The fourth-order valence-electron chi connectivity index (χ4n) is 2.83. The van der Waals surface area contributed by atoms with Crippen LogP contribution in [0.5, 0.6) is 0 Å². The molecule has 1 aliphatic rings. The lowest BCUT2D eigenvalue weighted by molar-refractivity contribution is 0.0547. The zero-order valence-electron chi connectivity index (χ0n) is 13.8. The molecule has 4 rings (SSSR count). The SMILES string of the molecule is O=C(Nc1nc(-c2ccco2)c(C(=O)C2CCOCC2)s1)c1ccco1. The van der Waals surface area contributed by atoms with E-state index in [1.54, 1.807) is 24.3 Å². The topological polar surface area (TPSA) is 94.6 Å². The van der Waals surface area contributed by atoms with Crippen LogP contribution in [0.2, 0.25) is 0 Å². The Morgan fingerprint density at radius 2 is 1.88 bits per heavy atom. The predicted molar refractivity (Wildman–Crippen MR) is 94.4 cm³/mol. The molecule has 134 valence electrons. The highest BCUT2D eigenvalue weighted by Crippen LogP contribution is 2.35. The van der Waals surface area contributed by atoms with Crippen molar-refractivity contribution in [3.8, 4) is 11.5 Å². The molecular formula is C18H16N2O5S. The van der Waals surface area contributed by atoms with Gasteiger partial charge in [0.25, 0.3) is 5.91 Å². The van der Waals surface area contributed by atoms with Crippen LogP contribution in [0.3, 0.4) is 0 Å². The number of anilines is 1. The molecule has 3 aromatic rings. The molecule has 0 aromatic carbocycles. The van der Waals surface area contributed by atoms with E-state index in [1.807, 2.05) is 0 Å². The number of Topliss-reactive ketones (excluding diaryl/α,β-unsaturated/α-hetero) is 1. The van der Waals surface area contributed by atoms with Gasteiger partial charge in [0.05, 0.1) is 12.5 Å². The maximum atomic E-state index is 13.0. The molecule has 4 heterocycles. The number of carbonyl (C=O) groups excluding carboxylic acids is 2.